The Morgan fingerprint density at radius 3 is 2.65 bits per heavy atom. The molecule has 0 atom stereocenters. The number of aliphatic hydroxyl groups excluding tert-OH is 1. The van der Waals surface area contributed by atoms with E-state index < -0.39 is 0 Å². The largest absolute Gasteiger partial charge is 0.871 e. The normalized spacial score (nSPS) is 13.3. The summed E-state index contributed by atoms with van der Waals surface area (Å²) >= 11 is 0. The number of hydrogen-bond acceptors (Lipinski definition) is 6. The van der Waals surface area contributed by atoms with E-state index in [1.54, 1.807) is 30.3 Å². The van der Waals surface area contributed by atoms with Gasteiger partial charge in [-0.15, -0.1) is 5.17 Å². The van der Waals surface area contributed by atoms with Crippen LogP contribution in [0.1, 0.15) is 5.56 Å². The topological polar surface area (TPSA) is 82.0 Å². The molecule has 0 saturated carbocycles. The predicted octanol–water partition coefficient (Wildman–Crippen LogP) is 1.25. The number of nitrogens with zero attached hydrogens (tertiary/aromatic N) is 2. The fourth-order valence-electron chi connectivity index (χ4n) is 2.19. The molecular formula is C14H14N3O3-. The summed E-state index contributed by atoms with van der Waals surface area (Å²) in [5.41, 5.74) is 5.36. The molecule has 0 saturated heterocycles. The van der Waals surface area contributed by atoms with E-state index in [4.69, 9.17) is 5.11 Å². The van der Waals surface area contributed by atoms with E-state index >= 15 is 0 Å². The first-order valence-electron chi connectivity index (χ1n) is 6.26. The zero-order valence-electron chi connectivity index (χ0n) is 10.7. The molecular weight excluding hydrogens is 258 g/mol. The number of rotatable bonds is 3. The number of anilines is 3. The molecule has 0 fully saturated rings. The lowest BCUT2D eigenvalue weighted by atomic mass is 10.1. The molecule has 1 aliphatic heterocycles. The lowest BCUT2D eigenvalue weighted by molar-refractivity contribution is -0.267. The third kappa shape index (κ3) is 2.01. The summed E-state index contributed by atoms with van der Waals surface area (Å²) < 4.78 is 0. The van der Waals surface area contributed by atoms with Gasteiger partial charge in [0.05, 0.1) is 11.4 Å². The van der Waals surface area contributed by atoms with Crippen molar-refractivity contribution < 1.29 is 15.4 Å². The highest BCUT2D eigenvalue weighted by Crippen LogP contribution is 2.37. The Bertz CT molecular complexity index is 633. The Morgan fingerprint density at radius 1 is 1.10 bits per heavy atom. The zero-order valence-corrected chi connectivity index (χ0v) is 10.7. The summed E-state index contributed by atoms with van der Waals surface area (Å²) in [5, 5.41) is 33.3. The Hall–Kier alpha value is -2.44. The number of hydrazine groups is 2. The zero-order chi connectivity index (χ0) is 14.1. The van der Waals surface area contributed by atoms with Gasteiger partial charge in [-0.1, -0.05) is 30.0 Å². The molecule has 0 bridgehead atoms. The highest BCUT2D eigenvalue weighted by atomic mass is 16.6. The minimum atomic E-state index is -0.217. The van der Waals surface area contributed by atoms with Crippen molar-refractivity contribution in [3.63, 3.8) is 0 Å². The molecule has 1 aliphatic rings. The van der Waals surface area contributed by atoms with Crippen LogP contribution >= 0.6 is 0 Å². The van der Waals surface area contributed by atoms with Gasteiger partial charge in [-0.25, -0.2) is 0 Å². The summed E-state index contributed by atoms with van der Waals surface area (Å²) in [7, 11) is 0. The third-order valence-corrected chi connectivity index (χ3v) is 3.19. The number of benzene rings is 2. The molecule has 0 aromatic heterocycles. The van der Waals surface area contributed by atoms with Crippen LogP contribution in [0.25, 0.3) is 0 Å². The molecule has 2 aromatic rings. The Balaban J connectivity index is 1.97. The van der Waals surface area contributed by atoms with Gasteiger partial charge in [0.1, 0.15) is 5.69 Å². The summed E-state index contributed by atoms with van der Waals surface area (Å²) in [6.07, 6.45) is 0.458. The maximum Gasteiger partial charge on any atom is 0.115 e. The Morgan fingerprint density at radius 2 is 1.90 bits per heavy atom. The lowest BCUT2D eigenvalue weighted by Crippen LogP contribution is -2.39. The van der Waals surface area contributed by atoms with E-state index in [0.29, 0.717) is 23.5 Å². The molecule has 0 spiro atoms. The second-order valence-corrected chi connectivity index (χ2v) is 4.51. The van der Waals surface area contributed by atoms with Crippen LogP contribution < -0.4 is 20.8 Å². The van der Waals surface area contributed by atoms with Gasteiger partial charge in [0.25, 0.3) is 0 Å². The van der Waals surface area contributed by atoms with Gasteiger partial charge in [0.2, 0.25) is 0 Å². The molecule has 3 N–H and O–H groups in total. The van der Waals surface area contributed by atoms with Crippen molar-refractivity contribution >= 4 is 17.1 Å². The molecule has 20 heavy (non-hydrogen) atoms. The second-order valence-electron chi connectivity index (χ2n) is 4.51. The van der Waals surface area contributed by atoms with Crippen LogP contribution in [0.15, 0.2) is 42.5 Å². The van der Waals surface area contributed by atoms with Crippen molar-refractivity contribution in [1.82, 2.24) is 0 Å². The standard InChI is InChI=1S/C14H15N3O3/c18-8-7-10-5-6-14(19)13(9-10)16-15-11-3-1-2-4-12(11)17(16)20/h1-6,9,15,18-20H,7-8H2/p-1. The lowest BCUT2D eigenvalue weighted by Gasteiger charge is -2.29. The monoisotopic (exact) mass is 272 g/mol. The van der Waals surface area contributed by atoms with Crippen molar-refractivity contribution in [3.05, 3.63) is 48.0 Å². The molecule has 6 heteroatoms. The van der Waals surface area contributed by atoms with Crippen LogP contribution in [0.3, 0.4) is 0 Å². The molecule has 3 rings (SSSR count). The van der Waals surface area contributed by atoms with Crippen molar-refractivity contribution in [3.8, 4) is 5.75 Å². The van der Waals surface area contributed by atoms with Gasteiger partial charge in [-0.05, 0) is 30.2 Å². The van der Waals surface area contributed by atoms with Crippen LogP contribution in [0, 0.1) is 0 Å². The first kappa shape index (κ1) is 12.6. The number of para-hydroxylation sites is 2. The summed E-state index contributed by atoms with van der Waals surface area (Å²) in [5.74, 6) is -0.217. The van der Waals surface area contributed by atoms with E-state index in [1.807, 2.05) is 6.07 Å². The predicted molar refractivity (Wildman–Crippen MR) is 73.5 cm³/mol. The van der Waals surface area contributed by atoms with Gasteiger partial charge >= 0.3 is 0 Å². The molecule has 104 valence electrons. The van der Waals surface area contributed by atoms with E-state index in [2.05, 4.69) is 5.43 Å². The summed E-state index contributed by atoms with van der Waals surface area (Å²) in [6.45, 7) is 0.00807. The molecule has 0 amide bonds. The Kier molecular flexibility index (Phi) is 3.09. The third-order valence-electron chi connectivity index (χ3n) is 3.19. The number of aliphatic hydroxyl groups is 1. The van der Waals surface area contributed by atoms with Gasteiger partial charge in [-0.2, -0.15) is 5.12 Å². The van der Waals surface area contributed by atoms with Crippen molar-refractivity contribution in [2.75, 3.05) is 22.3 Å². The van der Waals surface area contributed by atoms with Crippen LogP contribution in [0.4, 0.5) is 17.1 Å². The molecule has 6 nitrogen and oxygen atoms in total. The highest BCUT2D eigenvalue weighted by molar-refractivity contribution is 5.80. The van der Waals surface area contributed by atoms with Gasteiger partial charge in [-0.3, -0.25) is 10.6 Å². The van der Waals surface area contributed by atoms with Crippen LogP contribution in [0.5, 0.6) is 5.75 Å². The SMILES string of the molecule is [O-]c1ccc(CCO)cc1N1Nc2ccccc2N1O. The summed E-state index contributed by atoms with van der Waals surface area (Å²) in [4.78, 5) is 0. The second kappa shape index (κ2) is 4.92. The van der Waals surface area contributed by atoms with Crippen molar-refractivity contribution in [1.29, 1.82) is 0 Å². The highest BCUT2D eigenvalue weighted by Gasteiger charge is 2.26. The molecule has 0 aliphatic carbocycles. The fourth-order valence-corrected chi connectivity index (χ4v) is 2.19. The number of fused-ring (bicyclic) bond motifs is 1. The number of hydrogen-bond donors (Lipinski definition) is 3. The average molecular weight is 272 g/mol. The smallest absolute Gasteiger partial charge is 0.115 e. The van der Waals surface area contributed by atoms with Crippen LogP contribution in [0.2, 0.25) is 0 Å². The molecule has 0 radical (unpaired) electrons. The number of nitrogens with one attached hydrogen (secondary N) is 1. The quantitative estimate of drug-likeness (QED) is 0.780. The van der Waals surface area contributed by atoms with E-state index in [0.717, 1.165) is 10.7 Å². The molecule has 0 unspecified atom stereocenters. The van der Waals surface area contributed by atoms with Crippen molar-refractivity contribution in [2.45, 2.75) is 6.42 Å². The maximum atomic E-state index is 12.0. The molecule has 1 heterocycles. The van der Waals surface area contributed by atoms with Crippen molar-refractivity contribution in [2.24, 2.45) is 0 Å². The minimum Gasteiger partial charge on any atom is -0.871 e. The van der Waals surface area contributed by atoms with Gasteiger partial charge in [0.15, 0.2) is 0 Å². The van der Waals surface area contributed by atoms with Gasteiger partial charge in [0, 0.05) is 6.61 Å². The maximum absolute atomic E-state index is 12.0. The van der Waals surface area contributed by atoms with Gasteiger partial charge < -0.3 is 10.2 Å². The first-order chi connectivity index (χ1) is 9.70. The van der Waals surface area contributed by atoms with E-state index in [9.17, 15) is 10.3 Å². The Labute approximate surface area is 116 Å². The first-order valence-corrected chi connectivity index (χ1v) is 6.26. The molecule has 2 aromatic carbocycles. The van der Waals surface area contributed by atoms with E-state index in [-0.39, 0.29) is 12.4 Å². The van der Waals surface area contributed by atoms with E-state index in [1.165, 1.54) is 11.2 Å². The summed E-state index contributed by atoms with van der Waals surface area (Å²) in [6, 6.07) is 11.9. The van der Waals surface area contributed by atoms with Crippen LogP contribution in [-0.4, -0.2) is 16.9 Å². The minimum absolute atomic E-state index is 0.00807. The average Bonchev–Trinajstić information content (AvgIpc) is 2.79. The fraction of sp³-hybridized carbons (Fsp3) is 0.143. The van der Waals surface area contributed by atoms with Crippen LogP contribution in [-0.2, 0) is 6.42 Å².